The first-order valence-corrected chi connectivity index (χ1v) is 13.3. The van der Waals surface area contributed by atoms with E-state index in [2.05, 4.69) is 10.0 Å². The van der Waals surface area contributed by atoms with Gasteiger partial charge in [-0.3, -0.25) is 4.79 Å². The largest absolute Gasteiger partial charge is 0.379 e. The van der Waals surface area contributed by atoms with Crippen molar-refractivity contribution < 1.29 is 30.8 Å². The predicted molar refractivity (Wildman–Crippen MR) is 120 cm³/mol. The first kappa shape index (κ1) is 25.5. The Hall–Kier alpha value is -2.09. The molecule has 1 saturated heterocycles. The van der Waals surface area contributed by atoms with Crippen molar-refractivity contribution >= 4 is 43.2 Å². The lowest BCUT2D eigenvalue weighted by atomic mass is 10.2. The smallest absolute Gasteiger partial charge is 0.243 e. The standard InChI is InChI=1S/C20H23ClFN3O6S2/c1-2-18(24-32(27,28)15-5-3-14(22)4-6-15)20(26)23-19-13-16(7-8-17(19)21)33(29,30)25-9-11-31-12-10-25/h3-8,13,18,24H,2,9-12H2,1H3,(H,23,26). The highest BCUT2D eigenvalue weighted by Crippen LogP contribution is 2.27. The van der Waals surface area contributed by atoms with E-state index in [0.29, 0.717) is 0 Å². The van der Waals surface area contributed by atoms with Gasteiger partial charge in [0.05, 0.1) is 33.7 Å². The fourth-order valence-corrected chi connectivity index (χ4v) is 5.99. The van der Waals surface area contributed by atoms with E-state index in [-0.39, 0.29) is 53.2 Å². The Balaban J connectivity index is 1.79. The SMILES string of the molecule is CCC(NS(=O)(=O)c1ccc(F)cc1)C(=O)Nc1cc(S(=O)(=O)N2CCOCC2)ccc1Cl. The number of rotatable bonds is 8. The van der Waals surface area contributed by atoms with Crippen molar-refractivity contribution in [3.8, 4) is 0 Å². The molecule has 0 spiro atoms. The van der Waals surface area contributed by atoms with Crippen LogP contribution in [-0.4, -0.2) is 59.4 Å². The number of ether oxygens (including phenoxy) is 1. The van der Waals surface area contributed by atoms with Crippen LogP contribution in [0.4, 0.5) is 10.1 Å². The van der Waals surface area contributed by atoms with Gasteiger partial charge in [0.25, 0.3) is 0 Å². The highest BCUT2D eigenvalue weighted by atomic mass is 35.5. The van der Waals surface area contributed by atoms with Crippen molar-refractivity contribution in [1.82, 2.24) is 9.03 Å². The third-order valence-corrected chi connectivity index (χ3v) is 8.66. The van der Waals surface area contributed by atoms with Crippen LogP contribution in [0.3, 0.4) is 0 Å². The third-order valence-electron chi connectivity index (χ3n) is 4.95. The summed E-state index contributed by atoms with van der Waals surface area (Å²) in [5.41, 5.74) is 0.0235. The second-order valence-electron chi connectivity index (χ2n) is 7.18. The van der Waals surface area contributed by atoms with Gasteiger partial charge in [0, 0.05) is 13.1 Å². The minimum absolute atomic E-state index is 0.0235. The quantitative estimate of drug-likeness (QED) is 0.551. The number of hydrogen-bond donors (Lipinski definition) is 2. The molecule has 3 rings (SSSR count). The zero-order chi connectivity index (χ0) is 24.2. The molecule has 2 aromatic carbocycles. The molecule has 1 aliphatic heterocycles. The summed E-state index contributed by atoms with van der Waals surface area (Å²) in [7, 11) is -7.94. The van der Waals surface area contributed by atoms with Crippen molar-refractivity contribution in [1.29, 1.82) is 0 Å². The first-order chi connectivity index (χ1) is 15.5. The Morgan fingerprint density at radius 1 is 1.09 bits per heavy atom. The molecule has 0 bridgehead atoms. The maximum absolute atomic E-state index is 13.1. The van der Waals surface area contributed by atoms with Crippen LogP contribution < -0.4 is 10.0 Å². The number of morpholine rings is 1. The Kier molecular flexibility index (Phi) is 8.08. The molecule has 1 unspecified atom stereocenters. The highest BCUT2D eigenvalue weighted by Gasteiger charge is 2.28. The summed E-state index contributed by atoms with van der Waals surface area (Å²) in [6, 6.07) is 6.87. The topological polar surface area (TPSA) is 122 Å². The molecule has 1 heterocycles. The van der Waals surface area contributed by atoms with Crippen LogP contribution in [0.2, 0.25) is 5.02 Å². The lowest BCUT2D eigenvalue weighted by Gasteiger charge is -2.26. The van der Waals surface area contributed by atoms with Crippen LogP contribution in [-0.2, 0) is 29.6 Å². The van der Waals surface area contributed by atoms with Crippen molar-refractivity contribution in [3.63, 3.8) is 0 Å². The van der Waals surface area contributed by atoms with E-state index in [1.165, 1.54) is 22.5 Å². The number of carbonyl (C=O) groups excluding carboxylic acids is 1. The molecule has 0 aliphatic carbocycles. The average molecular weight is 520 g/mol. The van der Waals surface area contributed by atoms with Gasteiger partial charge in [0.15, 0.2) is 0 Å². The minimum Gasteiger partial charge on any atom is -0.379 e. The molecule has 0 saturated carbocycles. The lowest BCUT2D eigenvalue weighted by molar-refractivity contribution is -0.117. The molecular weight excluding hydrogens is 497 g/mol. The summed E-state index contributed by atoms with van der Waals surface area (Å²) >= 11 is 6.15. The fraction of sp³-hybridized carbons (Fsp3) is 0.350. The summed E-state index contributed by atoms with van der Waals surface area (Å²) < 4.78 is 72.7. The number of benzene rings is 2. The van der Waals surface area contributed by atoms with Gasteiger partial charge in [-0.1, -0.05) is 18.5 Å². The van der Waals surface area contributed by atoms with Gasteiger partial charge in [-0.15, -0.1) is 0 Å². The molecule has 1 amide bonds. The molecule has 13 heteroatoms. The Bertz CT molecular complexity index is 1220. The van der Waals surface area contributed by atoms with E-state index in [4.69, 9.17) is 16.3 Å². The van der Waals surface area contributed by atoms with Crippen LogP contribution in [0.1, 0.15) is 13.3 Å². The summed E-state index contributed by atoms with van der Waals surface area (Å²) in [5, 5.41) is 2.58. The molecule has 2 aromatic rings. The normalized spacial score (nSPS) is 16.3. The molecule has 0 radical (unpaired) electrons. The van der Waals surface area contributed by atoms with Gasteiger partial charge in [0.1, 0.15) is 11.9 Å². The van der Waals surface area contributed by atoms with Crippen LogP contribution >= 0.6 is 11.6 Å². The predicted octanol–water partition coefficient (Wildman–Crippen LogP) is 2.20. The zero-order valence-electron chi connectivity index (χ0n) is 17.6. The maximum atomic E-state index is 13.1. The maximum Gasteiger partial charge on any atom is 0.243 e. The Morgan fingerprint density at radius 2 is 1.70 bits per heavy atom. The molecule has 1 fully saturated rings. The Morgan fingerprint density at radius 3 is 2.30 bits per heavy atom. The van der Waals surface area contributed by atoms with E-state index in [1.54, 1.807) is 6.92 Å². The number of anilines is 1. The minimum atomic E-state index is -4.11. The fourth-order valence-electron chi connectivity index (χ4n) is 3.11. The Labute approximate surface area is 197 Å². The van der Waals surface area contributed by atoms with Crippen molar-refractivity contribution in [3.05, 3.63) is 53.3 Å². The van der Waals surface area contributed by atoms with Crippen LogP contribution in [0.5, 0.6) is 0 Å². The van der Waals surface area contributed by atoms with E-state index in [9.17, 15) is 26.0 Å². The van der Waals surface area contributed by atoms with E-state index >= 15 is 0 Å². The second-order valence-corrected chi connectivity index (χ2v) is 11.2. The number of nitrogens with zero attached hydrogens (tertiary/aromatic N) is 1. The number of amides is 1. The van der Waals surface area contributed by atoms with Gasteiger partial charge in [-0.05, 0) is 48.9 Å². The molecule has 9 nitrogen and oxygen atoms in total. The third kappa shape index (κ3) is 6.08. The molecule has 2 N–H and O–H groups in total. The number of hydrogen-bond acceptors (Lipinski definition) is 6. The summed E-state index contributed by atoms with van der Waals surface area (Å²) in [5.74, 6) is -1.33. The first-order valence-electron chi connectivity index (χ1n) is 10.0. The van der Waals surface area contributed by atoms with Crippen LogP contribution in [0.25, 0.3) is 0 Å². The van der Waals surface area contributed by atoms with Crippen molar-refractivity contribution in [2.75, 3.05) is 31.6 Å². The van der Waals surface area contributed by atoms with Gasteiger partial charge in [0.2, 0.25) is 26.0 Å². The van der Waals surface area contributed by atoms with Crippen LogP contribution in [0, 0.1) is 5.82 Å². The van der Waals surface area contributed by atoms with E-state index < -0.39 is 37.8 Å². The van der Waals surface area contributed by atoms with E-state index in [1.807, 2.05) is 0 Å². The summed E-state index contributed by atoms with van der Waals surface area (Å²) in [6.07, 6.45) is 0.0929. The molecule has 180 valence electrons. The average Bonchev–Trinajstić information content (AvgIpc) is 2.79. The highest BCUT2D eigenvalue weighted by molar-refractivity contribution is 7.89. The summed E-state index contributed by atoms with van der Waals surface area (Å²) in [6.45, 7) is 2.56. The van der Waals surface area contributed by atoms with Crippen LogP contribution in [0.15, 0.2) is 52.3 Å². The number of nitrogens with one attached hydrogen (secondary N) is 2. The molecular formula is C20H23ClFN3O6S2. The zero-order valence-corrected chi connectivity index (χ0v) is 20.0. The molecule has 1 aliphatic rings. The van der Waals surface area contributed by atoms with Gasteiger partial charge in [-0.2, -0.15) is 9.03 Å². The monoisotopic (exact) mass is 519 g/mol. The second kappa shape index (κ2) is 10.5. The number of carbonyl (C=O) groups is 1. The van der Waals surface area contributed by atoms with E-state index in [0.717, 1.165) is 24.3 Å². The van der Waals surface area contributed by atoms with Gasteiger partial charge >= 0.3 is 0 Å². The van der Waals surface area contributed by atoms with Crippen molar-refractivity contribution in [2.24, 2.45) is 0 Å². The molecule has 1 atom stereocenters. The molecule has 33 heavy (non-hydrogen) atoms. The lowest BCUT2D eigenvalue weighted by Crippen LogP contribution is -2.43. The molecule has 0 aromatic heterocycles. The summed E-state index contributed by atoms with van der Waals surface area (Å²) in [4.78, 5) is 12.5. The van der Waals surface area contributed by atoms with Gasteiger partial charge in [-0.25, -0.2) is 21.2 Å². The van der Waals surface area contributed by atoms with Gasteiger partial charge < -0.3 is 10.1 Å². The number of sulfonamides is 2. The van der Waals surface area contributed by atoms with Crippen molar-refractivity contribution in [2.45, 2.75) is 29.2 Å². The number of halogens is 2.